The van der Waals surface area contributed by atoms with Crippen molar-refractivity contribution in [2.75, 3.05) is 5.75 Å². The molecule has 2 rings (SSSR count). The van der Waals surface area contributed by atoms with Gasteiger partial charge in [0.2, 0.25) is 0 Å². The molecule has 7 heteroatoms. The summed E-state index contributed by atoms with van der Waals surface area (Å²) < 4.78 is 39.8. The topological polar surface area (TPSA) is 38.3 Å². The molecule has 1 amide bonds. The SMILES string of the molecule is CC1SCCC1NC(=O)c1ccc(OC(F)(F)F)cc1. The fourth-order valence-electron chi connectivity index (χ4n) is 1.98. The van der Waals surface area contributed by atoms with Crippen molar-refractivity contribution in [2.45, 2.75) is 31.0 Å². The molecule has 0 aromatic heterocycles. The second-order valence-corrected chi connectivity index (χ2v) is 6.00. The highest BCUT2D eigenvalue weighted by Gasteiger charge is 2.31. The summed E-state index contributed by atoms with van der Waals surface area (Å²) in [6, 6.07) is 5.02. The molecule has 0 saturated carbocycles. The minimum absolute atomic E-state index is 0.110. The summed E-state index contributed by atoms with van der Waals surface area (Å²) in [6.45, 7) is 2.04. The van der Waals surface area contributed by atoms with Gasteiger partial charge < -0.3 is 10.1 Å². The number of thioether (sulfide) groups is 1. The third-order valence-corrected chi connectivity index (χ3v) is 4.37. The molecular weight excluding hydrogens is 291 g/mol. The van der Waals surface area contributed by atoms with E-state index in [1.54, 1.807) is 11.8 Å². The summed E-state index contributed by atoms with van der Waals surface area (Å²) in [4.78, 5) is 12.0. The molecule has 0 radical (unpaired) electrons. The van der Waals surface area contributed by atoms with E-state index in [0.29, 0.717) is 10.8 Å². The molecule has 3 nitrogen and oxygen atoms in total. The lowest BCUT2D eigenvalue weighted by atomic mass is 10.1. The number of benzene rings is 1. The van der Waals surface area contributed by atoms with Gasteiger partial charge in [0.1, 0.15) is 5.75 Å². The van der Waals surface area contributed by atoms with E-state index < -0.39 is 6.36 Å². The number of hydrogen-bond acceptors (Lipinski definition) is 3. The zero-order valence-electron chi connectivity index (χ0n) is 10.7. The molecule has 1 heterocycles. The zero-order valence-corrected chi connectivity index (χ0v) is 11.6. The molecule has 2 unspecified atom stereocenters. The van der Waals surface area contributed by atoms with E-state index in [2.05, 4.69) is 10.1 Å². The number of carbonyl (C=O) groups is 1. The molecule has 1 aliphatic rings. The van der Waals surface area contributed by atoms with Crippen LogP contribution in [-0.2, 0) is 0 Å². The smallest absolute Gasteiger partial charge is 0.406 e. The Morgan fingerprint density at radius 1 is 1.35 bits per heavy atom. The van der Waals surface area contributed by atoms with E-state index in [-0.39, 0.29) is 17.7 Å². The molecule has 1 aliphatic heterocycles. The molecule has 0 bridgehead atoms. The van der Waals surface area contributed by atoms with E-state index in [4.69, 9.17) is 0 Å². The molecule has 1 aromatic carbocycles. The van der Waals surface area contributed by atoms with Crippen LogP contribution in [0.5, 0.6) is 5.75 Å². The van der Waals surface area contributed by atoms with Gasteiger partial charge >= 0.3 is 6.36 Å². The van der Waals surface area contributed by atoms with Crippen LogP contribution in [-0.4, -0.2) is 29.3 Å². The lowest BCUT2D eigenvalue weighted by molar-refractivity contribution is -0.274. The van der Waals surface area contributed by atoms with Crippen molar-refractivity contribution in [3.05, 3.63) is 29.8 Å². The minimum Gasteiger partial charge on any atom is -0.406 e. The second-order valence-electron chi connectivity index (χ2n) is 4.52. The van der Waals surface area contributed by atoms with Crippen LogP contribution in [0.3, 0.4) is 0 Å². The van der Waals surface area contributed by atoms with Gasteiger partial charge in [-0.05, 0) is 36.4 Å². The lowest BCUT2D eigenvalue weighted by Crippen LogP contribution is -2.38. The first kappa shape index (κ1) is 15.0. The summed E-state index contributed by atoms with van der Waals surface area (Å²) in [5.74, 6) is 0.395. The standard InChI is InChI=1S/C13H14F3NO2S/c1-8-11(6-7-20-8)17-12(18)9-2-4-10(5-3-9)19-13(14,15)16/h2-5,8,11H,6-7H2,1H3,(H,17,18). The molecule has 20 heavy (non-hydrogen) atoms. The third-order valence-electron chi connectivity index (χ3n) is 3.04. The van der Waals surface area contributed by atoms with Crippen LogP contribution in [0.1, 0.15) is 23.7 Å². The maximum absolute atomic E-state index is 12.0. The van der Waals surface area contributed by atoms with Crippen molar-refractivity contribution < 1.29 is 22.7 Å². The predicted octanol–water partition coefficient (Wildman–Crippen LogP) is 3.21. The van der Waals surface area contributed by atoms with Gasteiger partial charge in [-0.1, -0.05) is 6.92 Å². The minimum atomic E-state index is -4.72. The van der Waals surface area contributed by atoms with Gasteiger partial charge in [-0.2, -0.15) is 11.8 Å². The molecule has 1 N–H and O–H groups in total. The normalized spacial score (nSPS) is 22.6. The number of carbonyl (C=O) groups excluding carboxylic acids is 1. The van der Waals surface area contributed by atoms with Gasteiger partial charge in [-0.3, -0.25) is 4.79 Å². The van der Waals surface area contributed by atoms with E-state index in [0.717, 1.165) is 24.3 Å². The monoisotopic (exact) mass is 305 g/mol. The van der Waals surface area contributed by atoms with Crippen LogP contribution >= 0.6 is 11.8 Å². The number of amides is 1. The Balaban J connectivity index is 1.97. The Hall–Kier alpha value is -1.37. The van der Waals surface area contributed by atoms with Crippen molar-refractivity contribution >= 4 is 17.7 Å². The summed E-state index contributed by atoms with van der Waals surface area (Å²) >= 11 is 1.79. The molecule has 0 spiro atoms. The summed E-state index contributed by atoms with van der Waals surface area (Å²) in [6.07, 6.45) is -3.81. The van der Waals surface area contributed by atoms with Crippen LogP contribution in [0, 0.1) is 0 Å². The van der Waals surface area contributed by atoms with Gasteiger partial charge in [0.05, 0.1) is 0 Å². The Bertz CT molecular complexity index is 475. The fraction of sp³-hybridized carbons (Fsp3) is 0.462. The number of hydrogen-bond donors (Lipinski definition) is 1. The average Bonchev–Trinajstić information content (AvgIpc) is 2.74. The highest BCUT2D eigenvalue weighted by atomic mass is 32.2. The summed E-state index contributed by atoms with van der Waals surface area (Å²) in [7, 11) is 0. The van der Waals surface area contributed by atoms with Gasteiger partial charge in [0.15, 0.2) is 0 Å². The highest BCUT2D eigenvalue weighted by Crippen LogP contribution is 2.26. The second kappa shape index (κ2) is 5.95. The van der Waals surface area contributed by atoms with Crippen LogP contribution < -0.4 is 10.1 Å². The first-order valence-electron chi connectivity index (χ1n) is 6.13. The maximum Gasteiger partial charge on any atom is 0.573 e. The number of nitrogens with one attached hydrogen (secondary N) is 1. The maximum atomic E-state index is 12.0. The van der Waals surface area contributed by atoms with E-state index >= 15 is 0 Å². The van der Waals surface area contributed by atoms with Crippen molar-refractivity contribution in [3.63, 3.8) is 0 Å². The Labute approximate surface area is 118 Å². The molecule has 0 aliphatic carbocycles. The number of alkyl halides is 3. The quantitative estimate of drug-likeness (QED) is 0.932. The van der Waals surface area contributed by atoms with Gasteiger partial charge in [-0.25, -0.2) is 0 Å². The molecule has 2 atom stereocenters. The van der Waals surface area contributed by atoms with Crippen molar-refractivity contribution in [1.29, 1.82) is 0 Å². The largest absolute Gasteiger partial charge is 0.573 e. The van der Waals surface area contributed by atoms with Crippen LogP contribution in [0.4, 0.5) is 13.2 Å². The van der Waals surface area contributed by atoms with Crippen molar-refractivity contribution in [1.82, 2.24) is 5.32 Å². The number of ether oxygens (including phenoxy) is 1. The Kier molecular flexibility index (Phi) is 4.47. The van der Waals surface area contributed by atoms with Crippen LogP contribution in [0.2, 0.25) is 0 Å². The van der Waals surface area contributed by atoms with Gasteiger partial charge in [-0.15, -0.1) is 13.2 Å². The average molecular weight is 305 g/mol. The first-order chi connectivity index (χ1) is 9.35. The van der Waals surface area contributed by atoms with E-state index in [1.165, 1.54) is 12.1 Å². The summed E-state index contributed by atoms with van der Waals surface area (Å²) in [5.41, 5.74) is 0.323. The zero-order chi connectivity index (χ0) is 14.8. The lowest BCUT2D eigenvalue weighted by Gasteiger charge is -2.16. The number of halogens is 3. The Morgan fingerprint density at radius 2 is 2.00 bits per heavy atom. The number of rotatable bonds is 3. The van der Waals surface area contributed by atoms with Gasteiger partial charge in [0, 0.05) is 16.9 Å². The molecular formula is C13H14F3NO2S. The van der Waals surface area contributed by atoms with E-state index in [9.17, 15) is 18.0 Å². The molecule has 110 valence electrons. The Morgan fingerprint density at radius 3 is 2.50 bits per heavy atom. The molecule has 1 aromatic rings. The van der Waals surface area contributed by atoms with Crippen molar-refractivity contribution in [2.24, 2.45) is 0 Å². The van der Waals surface area contributed by atoms with E-state index in [1.807, 2.05) is 6.92 Å². The molecule has 1 saturated heterocycles. The third kappa shape index (κ3) is 4.06. The first-order valence-corrected chi connectivity index (χ1v) is 7.18. The van der Waals surface area contributed by atoms with Crippen LogP contribution in [0.15, 0.2) is 24.3 Å². The highest BCUT2D eigenvalue weighted by molar-refractivity contribution is 8.00. The van der Waals surface area contributed by atoms with Crippen molar-refractivity contribution in [3.8, 4) is 5.75 Å². The summed E-state index contributed by atoms with van der Waals surface area (Å²) in [5, 5.41) is 3.24. The molecule has 1 fully saturated rings. The fourth-order valence-corrected chi connectivity index (χ4v) is 3.18. The predicted molar refractivity (Wildman–Crippen MR) is 70.9 cm³/mol. The van der Waals surface area contributed by atoms with Crippen LogP contribution in [0.25, 0.3) is 0 Å². The van der Waals surface area contributed by atoms with Gasteiger partial charge in [0.25, 0.3) is 5.91 Å².